The number of benzene rings is 1. The minimum atomic E-state index is 0.658. The molecule has 1 aromatic rings. The molecule has 0 spiro atoms. The van der Waals surface area contributed by atoms with Crippen molar-refractivity contribution >= 4 is 35.0 Å². The van der Waals surface area contributed by atoms with E-state index in [4.69, 9.17) is 28.9 Å². The number of hydrogen-bond donors (Lipinski definition) is 1. The molecule has 1 heterocycles. The first-order valence-corrected chi connectivity index (χ1v) is 8.86. The number of piperidine rings is 1. The molecular formula is C15H22Cl2N2S. The minimum absolute atomic E-state index is 0.658. The smallest absolute Gasteiger partial charge is 0.0542 e. The molecule has 2 nitrogen and oxygen atoms in total. The van der Waals surface area contributed by atoms with Crippen LogP contribution in [0, 0.1) is 5.92 Å². The van der Waals surface area contributed by atoms with Gasteiger partial charge >= 0.3 is 0 Å². The lowest BCUT2D eigenvalue weighted by molar-refractivity contribution is 0.129. The predicted molar refractivity (Wildman–Crippen MR) is 90.0 cm³/mol. The maximum atomic E-state index is 6.18. The fraction of sp³-hybridized carbons (Fsp3) is 0.600. The van der Waals surface area contributed by atoms with Crippen LogP contribution in [0.5, 0.6) is 0 Å². The van der Waals surface area contributed by atoms with Gasteiger partial charge in [0.1, 0.15) is 0 Å². The molecule has 1 fully saturated rings. The molecule has 1 aromatic carbocycles. The third kappa shape index (κ3) is 4.54. The van der Waals surface area contributed by atoms with Crippen molar-refractivity contribution in [3.05, 3.63) is 28.2 Å². The van der Waals surface area contributed by atoms with Gasteiger partial charge in [-0.2, -0.15) is 0 Å². The van der Waals surface area contributed by atoms with Crippen molar-refractivity contribution in [2.45, 2.75) is 30.7 Å². The van der Waals surface area contributed by atoms with Gasteiger partial charge in [-0.3, -0.25) is 4.90 Å². The summed E-state index contributed by atoms with van der Waals surface area (Å²) in [6, 6.07) is 6.29. The van der Waals surface area contributed by atoms with Crippen molar-refractivity contribution in [3.63, 3.8) is 0 Å². The summed E-state index contributed by atoms with van der Waals surface area (Å²) in [5, 5.41) is 1.53. The third-order valence-electron chi connectivity index (χ3n) is 3.97. The first kappa shape index (κ1) is 16.4. The number of halogens is 2. The van der Waals surface area contributed by atoms with Gasteiger partial charge in [-0.05, 0) is 50.4 Å². The molecule has 0 saturated carbocycles. The van der Waals surface area contributed by atoms with Crippen LogP contribution in [0.1, 0.15) is 19.8 Å². The second-order valence-electron chi connectivity index (χ2n) is 5.45. The summed E-state index contributed by atoms with van der Waals surface area (Å²) in [6.07, 6.45) is 2.52. The molecule has 20 heavy (non-hydrogen) atoms. The van der Waals surface area contributed by atoms with Crippen molar-refractivity contribution in [2.24, 2.45) is 11.7 Å². The van der Waals surface area contributed by atoms with E-state index in [2.05, 4.69) is 11.8 Å². The molecule has 0 aromatic heterocycles. The molecule has 0 bridgehead atoms. The standard InChI is InChI=1S/C15H22Cl2N2S/c1-11-2-3-12(9-18)10-19(11)6-7-20-15-8-13(16)4-5-14(15)17/h4-5,8,11-12H,2-3,6-7,9-10,18H2,1H3. The molecule has 1 saturated heterocycles. The Hall–Kier alpha value is 0.0700. The largest absolute Gasteiger partial charge is 0.330 e. The Kier molecular flexibility index (Phi) is 6.50. The lowest BCUT2D eigenvalue weighted by atomic mass is 9.94. The van der Waals surface area contributed by atoms with Crippen molar-refractivity contribution in [2.75, 3.05) is 25.4 Å². The van der Waals surface area contributed by atoms with E-state index >= 15 is 0 Å². The Balaban J connectivity index is 1.84. The zero-order valence-corrected chi connectivity index (χ0v) is 14.1. The molecule has 1 aliphatic heterocycles. The van der Waals surface area contributed by atoms with E-state index in [0.29, 0.717) is 12.0 Å². The van der Waals surface area contributed by atoms with Crippen LogP contribution in [0.2, 0.25) is 10.0 Å². The second kappa shape index (κ2) is 7.90. The van der Waals surface area contributed by atoms with Crippen molar-refractivity contribution < 1.29 is 0 Å². The highest BCUT2D eigenvalue weighted by Gasteiger charge is 2.24. The van der Waals surface area contributed by atoms with Crippen LogP contribution in [0.3, 0.4) is 0 Å². The monoisotopic (exact) mass is 332 g/mol. The highest BCUT2D eigenvalue weighted by atomic mass is 35.5. The fourth-order valence-electron chi connectivity index (χ4n) is 2.63. The van der Waals surface area contributed by atoms with E-state index in [0.717, 1.165) is 40.3 Å². The average Bonchev–Trinajstić information content (AvgIpc) is 2.44. The molecule has 0 amide bonds. The number of thioether (sulfide) groups is 1. The van der Waals surface area contributed by atoms with Crippen LogP contribution in [0.4, 0.5) is 0 Å². The van der Waals surface area contributed by atoms with Crippen molar-refractivity contribution in [1.29, 1.82) is 0 Å². The quantitative estimate of drug-likeness (QED) is 0.821. The van der Waals surface area contributed by atoms with Gasteiger partial charge in [0.2, 0.25) is 0 Å². The van der Waals surface area contributed by atoms with Crippen LogP contribution in [-0.2, 0) is 0 Å². The van der Waals surface area contributed by atoms with E-state index < -0.39 is 0 Å². The van der Waals surface area contributed by atoms with Crippen LogP contribution < -0.4 is 5.73 Å². The van der Waals surface area contributed by atoms with Gasteiger partial charge < -0.3 is 5.73 Å². The van der Waals surface area contributed by atoms with Crippen LogP contribution >= 0.6 is 35.0 Å². The average molecular weight is 333 g/mol. The number of likely N-dealkylation sites (tertiary alicyclic amines) is 1. The van der Waals surface area contributed by atoms with Crippen molar-refractivity contribution in [1.82, 2.24) is 4.90 Å². The zero-order valence-electron chi connectivity index (χ0n) is 11.8. The Morgan fingerprint density at radius 1 is 1.35 bits per heavy atom. The molecule has 2 unspecified atom stereocenters. The van der Waals surface area contributed by atoms with Gasteiger partial charge in [-0.15, -0.1) is 11.8 Å². The Bertz CT molecular complexity index is 442. The summed E-state index contributed by atoms with van der Waals surface area (Å²) >= 11 is 14.0. The van der Waals surface area contributed by atoms with Gasteiger partial charge in [0.05, 0.1) is 5.02 Å². The first-order chi connectivity index (χ1) is 9.60. The first-order valence-electron chi connectivity index (χ1n) is 7.12. The van der Waals surface area contributed by atoms with E-state index in [-0.39, 0.29) is 0 Å². The fourth-order valence-corrected chi connectivity index (χ4v) is 4.11. The summed E-state index contributed by atoms with van der Waals surface area (Å²) in [5.74, 6) is 1.69. The van der Waals surface area contributed by atoms with Gasteiger partial charge in [0.25, 0.3) is 0 Å². The summed E-state index contributed by atoms with van der Waals surface area (Å²) in [7, 11) is 0. The Morgan fingerprint density at radius 3 is 2.90 bits per heavy atom. The van der Waals surface area contributed by atoms with Gasteiger partial charge in [0, 0.05) is 34.8 Å². The zero-order chi connectivity index (χ0) is 14.5. The molecule has 0 radical (unpaired) electrons. The van der Waals surface area contributed by atoms with Crippen LogP contribution in [0.15, 0.2) is 23.1 Å². The van der Waals surface area contributed by atoms with Gasteiger partial charge in [-0.1, -0.05) is 23.2 Å². The topological polar surface area (TPSA) is 29.3 Å². The summed E-state index contributed by atoms with van der Waals surface area (Å²) in [6.45, 7) is 5.31. The molecule has 5 heteroatoms. The third-order valence-corrected chi connectivity index (χ3v) is 5.68. The van der Waals surface area contributed by atoms with E-state index in [1.807, 2.05) is 18.2 Å². The SMILES string of the molecule is CC1CCC(CN)CN1CCSc1cc(Cl)ccc1Cl. The molecule has 112 valence electrons. The van der Waals surface area contributed by atoms with Crippen LogP contribution in [-0.4, -0.2) is 36.3 Å². The second-order valence-corrected chi connectivity index (χ2v) is 7.43. The minimum Gasteiger partial charge on any atom is -0.330 e. The van der Waals surface area contributed by atoms with Crippen molar-refractivity contribution in [3.8, 4) is 0 Å². The number of nitrogens with zero attached hydrogens (tertiary/aromatic N) is 1. The molecule has 2 atom stereocenters. The number of nitrogens with two attached hydrogens (primary N) is 1. The summed E-state index contributed by atoms with van der Waals surface area (Å²) < 4.78 is 0. The number of hydrogen-bond acceptors (Lipinski definition) is 3. The maximum Gasteiger partial charge on any atom is 0.0542 e. The van der Waals surface area contributed by atoms with Crippen LogP contribution in [0.25, 0.3) is 0 Å². The lowest BCUT2D eigenvalue weighted by Crippen LogP contribution is -2.44. The van der Waals surface area contributed by atoms with Gasteiger partial charge in [-0.25, -0.2) is 0 Å². The Morgan fingerprint density at radius 2 is 2.15 bits per heavy atom. The molecule has 1 aliphatic rings. The normalized spacial score (nSPS) is 24.0. The molecular weight excluding hydrogens is 311 g/mol. The molecule has 0 aliphatic carbocycles. The number of rotatable bonds is 5. The van der Waals surface area contributed by atoms with Gasteiger partial charge in [0.15, 0.2) is 0 Å². The van der Waals surface area contributed by atoms with E-state index in [1.54, 1.807) is 11.8 Å². The highest BCUT2D eigenvalue weighted by molar-refractivity contribution is 7.99. The summed E-state index contributed by atoms with van der Waals surface area (Å²) in [4.78, 5) is 3.62. The Labute approximate surface area is 136 Å². The summed E-state index contributed by atoms with van der Waals surface area (Å²) in [5.41, 5.74) is 5.80. The lowest BCUT2D eigenvalue weighted by Gasteiger charge is -2.37. The predicted octanol–water partition coefficient (Wildman–Crippen LogP) is 4.14. The molecule has 2 N–H and O–H groups in total. The molecule has 2 rings (SSSR count). The highest BCUT2D eigenvalue weighted by Crippen LogP contribution is 2.30. The van der Waals surface area contributed by atoms with E-state index in [9.17, 15) is 0 Å². The maximum absolute atomic E-state index is 6.18. The van der Waals surface area contributed by atoms with E-state index in [1.165, 1.54) is 12.8 Å².